The number of thioether (sulfide) groups is 1. The molecule has 0 radical (unpaired) electrons. The number of aliphatic hydroxyl groups is 1. The Bertz CT molecular complexity index is 1580. The summed E-state index contributed by atoms with van der Waals surface area (Å²) in [5.74, 6) is -0.791. The van der Waals surface area contributed by atoms with Gasteiger partial charge in [0.05, 0.1) is 18.6 Å². The van der Waals surface area contributed by atoms with Crippen molar-refractivity contribution in [1.29, 1.82) is 0 Å². The minimum atomic E-state index is -1.06. The number of rotatable bonds is 17. The van der Waals surface area contributed by atoms with Crippen LogP contribution < -0.4 is 16.0 Å². The summed E-state index contributed by atoms with van der Waals surface area (Å²) in [5.41, 5.74) is 2.15. The predicted molar refractivity (Wildman–Crippen MR) is 199 cm³/mol. The van der Waals surface area contributed by atoms with Crippen LogP contribution in [0.4, 0.5) is 0 Å². The number of fused-ring (bicyclic) bond motifs is 2. The summed E-state index contributed by atoms with van der Waals surface area (Å²) in [4.78, 5) is 40.4. The molecule has 0 saturated heterocycles. The van der Waals surface area contributed by atoms with E-state index in [0.717, 1.165) is 39.1 Å². The van der Waals surface area contributed by atoms with Crippen molar-refractivity contribution < 1.29 is 19.5 Å². The standard InChI is InChI=1S/C40H51N3O4S/c1-6-27(4)25-41-37(45)24-36(44)35(21-26(2)3)42-39(47)40(48-5)43-38(46)32(22-30-17-11-15-28-13-7-9-19-33(28)30)23-31-18-12-16-29-14-8-10-20-34(29)31/h7-20,26-27,32,35-36,40,44H,6,21-25H2,1-5H3,(H,41,45)(H,42,47)(H,43,46)/t27-,35-,36-,40?/m0/s1. The molecule has 4 N–H and O–H groups in total. The van der Waals surface area contributed by atoms with E-state index in [4.69, 9.17) is 0 Å². The van der Waals surface area contributed by atoms with Gasteiger partial charge < -0.3 is 21.1 Å². The molecule has 0 heterocycles. The molecule has 0 saturated carbocycles. The Morgan fingerprint density at radius 3 is 1.81 bits per heavy atom. The third-order valence-corrected chi connectivity index (χ3v) is 9.87. The molecule has 0 aliphatic rings. The van der Waals surface area contributed by atoms with Crippen LogP contribution in [0.25, 0.3) is 21.5 Å². The van der Waals surface area contributed by atoms with Crippen LogP contribution in [-0.2, 0) is 27.2 Å². The van der Waals surface area contributed by atoms with Crippen LogP contribution in [-0.4, -0.2) is 53.1 Å². The van der Waals surface area contributed by atoms with Gasteiger partial charge in [0.25, 0.3) is 5.91 Å². The molecule has 8 heteroatoms. The lowest BCUT2D eigenvalue weighted by Gasteiger charge is -2.28. The van der Waals surface area contributed by atoms with Crippen LogP contribution in [0.15, 0.2) is 84.9 Å². The Balaban J connectivity index is 1.53. The fourth-order valence-electron chi connectivity index (χ4n) is 6.12. The van der Waals surface area contributed by atoms with E-state index in [1.807, 2.05) is 50.2 Å². The van der Waals surface area contributed by atoms with E-state index in [-0.39, 0.29) is 24.2 Å². The molecule has 0 spiro atoms. The molecule has 0 bridgehead atoms. The van der Waals surface area contributed by atoms with Gasteiger partial charge in [-0.1, -0.05) is 119 Å². The maximum Gasteiger partial charge on any atom is 0.253 e. The Kier molecular flexibility index (Phi) is 13.9. The number of hydrogen-bond donors (Lipinski definition) is 4. The zero-order valence-electron chi connectivity index (χ0n) is 28.9. The van der Waals surface area contributed by atoms with Crippen LogP contribution in [0.3, 0.4) is 0 Å². The largest absolute Gasteiger partial charge is 0.390 e. The molecule has 4 aromatic carbocycles. The number of carbonyl (C=O) groups excluding carboxylic acids is 3. The first kappa shape index (κ1) is 36.9. The molecule has 7 nitrogen and oxygen atoms in total. The Labute approximate surface area is 289 Å². The number of amides is 3. The van der Waals surface area contributed by atoms with Crippen molar-refractivity contribution in [2.24, 2.45) is 17.8 Å². The first-order valence-corrected chi connectivity index (χ1v) is 18.4. The minimum Gasteiger partial charge on any atom is -0.390 e. The van der Waals surface area contributed by atoms with Crippen molar-refractivity contribution in [1.82, 2.24) is 16.0 Å². The highest BCUT2D eigenvalue weighted by molar-refractivity contribution is 7.99. The second kappa shape index (κ2) is 18.0. The molecule has 3 amide bonds. The molecule has 1 unspecified atom stereocenters. The molecule has 0 fully saturated rings. The minimum absolute atomic E-state index is 0.109. The summed E-state index contributed by atoms with van der Waals surface area (Å²) < 4.78 is 0. The molecule has 48 heavy (non-hydrogen) atoms. The highest BCUT2D eigenvalue weighted by Gasteiger charge is 2.30. The number of hydrogen-bond acceptors (Lipinski definition) is 5. The molecule has 4 atom stereocenters. The topological polar surface area (TPSA) is 108 Å². The molecule has 4 aromatic rings. The zero-order chi connectivity index (χ0) is 34.6. The summed E-state index contributed by atoms with van der Waals surface area (Å²) in [6.45, 7) is 8.69. The van der Waals surface area contributed by atoms with E-state index in [0.29, 0.717) is 31.7 Å². The van der Waals surface area contributed by atoms with Crippen LogP contribution in [0.1, 0.15) is 58.1 Å². The van der Waals surface area contributed by atoms with Crippen LogP contribution in [0.5, 0.6) is 0 Å². The highest BCUT2D eigenvalue weighted by atomic mass is 32.2. The number of benzene rings is 4. The normalized spacial score (nSPS) is 14.1. The average Bonchev–Trinajstić information content (AvgIpc) is 3.08. The van der Waals surface area contributed by atoms with Crippen LogP contribution in [0, 0.1) is 17.8 Å². The monoisotopic (exact) mass is 669 g/mol. The van der Waals surface area contributed by atoms with Gasteiger partial charge in [0.15, 0.2) is 5.37 Å². The van der Waals surface area contributed by atoms with E-state index in [1.165, 1.54) is 11.8 Å². The summed E-state index contributed by atoms with van der Waals surface area (Å²) in [6, 6.07) is 28.1. The zero-order valence-corrected chi connectivity index (χ0v) is 29.7. The van der Waals surface area contributed by atoms with E-state index >= 15 is 0 Å². The Morgan fingerprint density at radius 1 is 0.750 bits per heavy atom. The number of aliphatic hydroxyl groups excluding tert-OH is 1. The highest BCUT2D eigenvalue weighted by Crippen LogP contribution is 2.27. The smallest absolute Gasteiger partial charge is 0.253 e. The molecular formula is C40H51N3O4S. The van der Waals surface area contributed by atoms with Gasteiger partial charge in [0, 0.05) is 12.5 Å². The lowest BCUT2D eigenvalue weighted by Crippen LogP contribution is -2.53. The Hall–Kier alpha value is -3.88. The third-order valence-electron chi connectivity index (χ3n) is 9.07. The maximum absolute atomic E-state index is 14.2. The lowest BCUT2D eigenvalue weighted by atomic mass is 9.88. The SMILES string of the molecule is CC[C@H](C)CNC(=O)C[C@H](O)[C@H](CC(C)C)NC(=O)C(NC(=O)C(Cc1cccc2ccccc12)Cc1cccc2ccccc12)SC. The van der Waals surface area contributed by atoms with Gasteiger partial charge in [-0.15, -0.1) is 11.8 Å². The first-order valence-electron chi connectivity index (χ1n) is 17.1. The van der Waals surface area contributed by atoms with Gasteiger partial charge >= 0.3 is 0 Å². The van der Waals surface area contributed by atoms with Crippen molar-refractivity contribution in [2.45, 2.75) is 77.3 Å². The second-order valence-electron chi connectivity index (χ2n) is 13.3. The van der Waals surface area contributed by atoms with Gasteiger partial charge in [-0.25, -0.2) is 0 Å². The fourth-order valence-corrected chi connectivity index (χ4v) is 6.64. The van der Waals surface area contributed by atoms with Gasteiger partial charge in [0.1, 0.15) is 0 Å². The summed E-state index contributed by atoms with van der Waals surface area (Å²) in [5, 5.41) is 23.5. The lowest BCUT2D eigenvalue weighted by molar-refractivity contribution is -0.130. The van der Waals surface area contributed by atoms with Crippen molar-refractivity contribution in [2.75, 3.05) is 12.8 Å². The third kappa shape index (κ3) is 10.3. The van der Waals surface area contributed by atoms with E-state index in [1.54, 1.807) is 6.26 Å². The summed E-state index contributed by atoms with van der Waals surface area (Å²) in [7, 11) is 0. The number of carbonyl (C=O) groups is 3. The van der Waals surface area contributed by atoms with Gasteiger partial charge in [-0.2, -0.15) is 0 Å². The average molecular weight is 670 g/mol. The van der Waals surface area contributed by atoms with Gasteiger partial charge in [0.2, 0.25) is 11.8 Å². The van der Waals surface area contributed by atoms with Gasteiger partial charge in [-0.3, -0.25) is 14.4 Å². The molecule has 0 aromatic heterocycles. The van der Waals surface area contributed by atoms with E-state index in [2.05, 4.69) is 78.3 Å². The maximum atomic E-state index is 14.2. The fraction of sp³-hybridized carbons (Fsp3) is 0.425. The Morgan fingerprint density at radius 2 is 1.29 bits per heavy atom. The second-order valence-corrected chi connectivity index (χ2v) is 14.3. The first-order chi connectivity index (χ1) is 23.1. The van der Waals surface area contributed by atoms with Crippen LogP contribution in [0.2, 0.25) is 0 Å². The molecule has 4 rings (SSSR count). The van der Waals surface area contributed by atoms with Crippen molar-refractivity contribution in [3.63, 3.8) is 0 Å². The number of nitrogens with one attached hydrogen (secondary N) is 3. The quantitative estimate of drug-likeness (QED) is 0.0943. The predicted octanol–water partition coefficient (Wildman–Crippen LogP) is 6.64. The molecule has 0 aliphatic heterocycles. The van der Waals surface area contributed by atoms with Crippen LogP contribution >= 0.6 is 11.8 Å². The van der Waals surface area contributed by atoms with Crippen molar-refractivity contribution >= 4 is 51.0 Å². The summed E-state index contributed by atoms with van der Waals surface area (Å²) in [6.07, 6.45) is 3.05. The van der Waals surface area contributed by atoms with Crippen molar-refractivity contribution in [3.8, 4) is 0 Å². The molecular weight excluding hydrogens is 619 g/mol. The van der Waals surface area contributed by atoms with E-state index in [9.17, 15) is 19.5 Å². The molecule has 256 valence electrons. The molecule has 0 aliphatic carbocycles. The van der Waals surface area contributed by atoms with Gasteiger partial charge in [-0.05, 0) is 70.0 Å². The summed E-state index contributed by atoms with van der Waals surface area (Å²) >= 11 is 1.24. The van der Waals surface area contributed by atoms with E-state index < -0.39 is 29.3 Å². The van der Waals surface area contributed by atoms with Crippen molar-refractivity contribution in [3.05, 3.63) is 96.1 Å².